The molecule has 0 saturated carbocycles. The second-order valence-corrected chi connectivity index (χ2v) is 8.86. The van der Waals surface area contributed by atoms with Gasteiger partial charge in [-0.3, -0.25) is 4.98 Å². The van der Waals surface area contributed by atoms with Gasteiger partial charge in [0.15, 0.2) is 0 Å². The van der Waals surface area contributed by atoms with E-state index in [0.717, 1.165) is 50.4 Å². The lowest BCUT2D eigenvalue weighted by molar-refractivity contribution is 1.27. The lowest BCUT2D eigenvalue weighted by Crippen LogP contribution is -2.09. The Morgan fingerprint density at radius 2 is 1.19 bits per heavy atom. The largest absolute Gasteiger partial charge is 0.355 e. The van der Waals surface area contributed by atoms with Crippen LogP contribution in [0.4, 0.5) is 17.1 Å². The fourth-order valence-corrected chi connectivity index (χ4v) is 4.88. The molecular weight excluding hydrogens is 440 g/mol. The van der Waals surface area contributed by atoms with Crippen molar-refractivity contribution in [3.8, 4) is 11.3 Å². The van der Waals surface area contributed by atoms with Gasteiger partial charge in [0.1, 0.15) is 0 Å². The minimum atomic E-state index is 0.867. The first-order chi connectivity index (χ1) is 17.8. The minimum absolute atomic E-state index is 0.867. The Morgan fingerprint density at radius 1 is 0.528 bits per heavy atom. The number of nitrogens with one attached hydrogen (secondary N) is 1. The van der Waals surface area contributed by atoms with E-state index in [4.69, 9.17) is 4.98 Å². The van der Waals surface area contributed by atoms with Gasteiger partial charge in [0.25, 0.3) is 0 Å². The standard InChI is InChI=1S/C32H22N4/c1-2-8-23(9-3-1)36(25-18-19-29-27(20-25)26-10-4-5-11-28(26)34-29)24-16-14-22(15-17-24)32-21-33-30-12-6-7-13-31(30)35-32/h1-21,34H. The molecule has 0 aliphatic carbocycles. The first-order valence-electron chi connectivity index (χ1n) is 12.0. The predicted octanol–water partition coefficient (Wildman–Crippen LogP) is 8.40. The quantitative estimate of drug-likeness (QED) is 0.286. The molecule has 0 bridgehead atoms. The lowest BCUT2D eigenvalue weighted by atomic mass is 10.1. The Kier molecular flexibility index (Phi) is 4.74. The molecule has 2 aromatic heterocycles. The van der Waals surface area contributed by atoms with Crippen molar-refractivity contribution in [1.29, 1.82) is 0 Å². The van der Waals surface area contributed by atoms with Crippen LogP contribution in [-0.2, 0) is 0 Å². The van der Waals surface area contributed by atoms with Crippen molar-refractivity contribution in [3.05, 3.63) is 128 Å². The Labute approximate surface area is 208 Å². The molecule has 4 heteroatoms. The maximum Gasteiger partial charge on any atom is 0.0894 e. The highest BCUT2D eigenvalue weighted by atomic mass is 15.1. The van der Waals surface area contributed by atoms with Gasteiger partial charge < -0.3 is 9.88 Å². The van der Waals surface area contributed by atoms with Crippen LogP contribution >= 0.6 is 0 Å². The Morgan fingerprint density at radius 3 is 2.06 bits per heavy atom. The summed E-state index contributed by atoms with van der Waals surface area (Å²) in [4.78, 5) is 15.2. The van der Waals surface area contributed by atoms with E-state index in [0.29, 0.717) is 0 Å². The van der Waals surface area contributed by atoms with E-state index < -0.39 is 0 Å². The zero-order valence-electron chi connectivity index (χ0n) is 19.5. The zero-order chi connectivity index (χ0) is 23.9. The normalized spacial score (nSPS) is 11.3. The van der Waals surface area contributed by atoms with Crippen molar-refractivity contribution < 1.29 is 0 Å². The summed E-state index contributed by atoms with van der Waals surface area (Å²) in [6.07, 6.45) is 1.84. The number of rotatable bonds is 4. The van der Waals surface area contributed by atoms with E-state index in [1.807, 2.05) is 36.5 Å². The number of nitrogens with zero attached hydrogens (tertiary/aromatic N) is 3. The van der Waals surface area contributed by atoms with Crippen LogP contribution in [0, 0.1) is 0 Å². The Hall–Kier alpha value is -4.96. The number of para-hydroxylation sites is 4. The molecule has 36 heavy (non-hydrogen) atoms. The van der Waals surface area contributed by atoms with Gasteiger partial charge in [0.2, 0.25) is 0 Å². The van der Waals surface area contributed by atoms with Crippen LogP contribution in [0.15, 0.2) is 128 Å². The lowest BCUT2D eigenvalue weighted by Gasteiger charge is -2.25. The van der Waals surface area contributed by atoms with Crippen molar-refractivity contribution in [2.24, 2.45) is 0 Å². The summed E-state index contributed by atoms with van der Waals surface area (Å²) in [5.74, 6) is 0. The Bertz CT molecular complexity index is 1840. The third-order valence-corrected chi connectivity index (χ3v) is 6.63. The first kappa shape index (κ1) is 20.4. The highest BCUT2D eigenvalue weighted by Gasteiger charge is 2.15. The monoisotopic (exact) mass is 462 g/mol. The third-order valence-electron chi connectivity index (χ3n) is 6.63. The maximum atomic E-state index is 4.81. The number of hydrogen-bond acceptors (Lipinski definition) is 3. The van der Waals surface area contributed by atoms with Crippen molar-refractivity contribution in [1.82, 2.24) is 15.0 Å². The summed E-state index contributed by atoms with van der Waals surface area (Å²) in [6.45, 7) is 0. The van der Waals surface area contributed by atoms with Crippen molar-refractivity contribution >= 4 is 49.9 Å². The SMILES string of the molecule is c1ccc(N(c2ccc(-c3cnc4ccccc4n3)cc2)c2ccc3[nH]c4ccccc4c3c2)cc1. The van der Waals surface area contributed by atoms with E-state index in [-0.39, 0.29) is 0 Å². The van der Waals surface area contributed by atoms with Crippen LogP contribution in [-0.4, -0.2) is 15.0 Å². The predicted molar refractivity (Wildman–Crippen MR) is 149 cm³/mol. The maximum absolute atomic E-state index is 4.81. The van der Waals surface area contributed by atoms with Crippen molar-refractivity contribution in [2.45, 2.75) is 0 Å². The molecule has 5 aromatic carbocycles. The van der Waals surface area contributed by atoms with Gasteiger partial charge in [-0.05, 0) is 60.7 Å². The van der Waals surface area contributed by atoms with E-state index in [1.165, 1.54) is 10.8 Å². The molecule has 7 rings (SSSR count). The second-order valence-electron chi connectivity index (χ2n) is 8.86. The Balaban J connectivity index is 1.33. The van der Waals surface area contributed by atoms with Gasteiger partial charge in [0.05, 0.1) is 22.9 Å². The summed E-state index contributed by atoms with van der Waals surface area (Å²) in [5.41, 5.74) is 9.29. The smallest absolute Gasteiger partial charge is 0.0894 e. The van der Waals surface area contributed by atoms with Gasteiger partial charge in [-0.2, -0.15) is 0 Å². The van der Waals surface area contributed by atoms with Gasteiger partial charge in [-0.15, -0.1) is 0 Å². The molecule has 0 aliphatic rings. The summed E-state index contributed by atoms with van der Waals surface area (Å²) >= 11 is 0. The summed E-state index contributed by atoms with van der Waals surface area (Å²) in [7, 11) is 0. The fraction of sp³-hybridized carbons (Fsp3) is 0. The molecule has 0 radical (unpaired) electrons. The molecule has 0 amide bonds. The molecular formula is C32H22N4. The van der Waals surface area contributed by atoms with Gasteiger partial charge in [-0.25, -0.2) is 4.98 Å². The van der Waals surface area contributed by atoms with Crippen LogP contribution in [0.3, 0.4) is 0 Å². The van der Waals surface area contributed by atoms with E-state index in [2.05, 4.69) is 106 Å². The van der Waals surface area contributed by atoms with E-state index >= 15 is 0 Å². The van der Waals surface area contributed by atoms with Gasteiger partial charge >= 0.3 is 0 Å². The molecule has 0 fully saturated rings. The number of hydrogen-bond donors (Lipinski definition) is 1. The van der Waals surface area contributed by atoms with Crippen LogP contribution in [0.1, 0.15) is 0 Å². The molecule has 7 aromatic rings. The topological polar surface area (TPSA) is 44.8 Å². The van der Waals surface area contributed by atoms with Crippen LogP contribution in [0.2, 0.25) is 0 Å². The van der Waals surface area contributed by atoms with Crippen molar-refractivity contribution in [2.75, 3.05) is 4.90 Å². The van der Waals surface area contributed by atoms with Crippen LogP contribution in [0.25, 0.3) is 44.1 Å². The number of anilines is 3. The summed E-state index contributed by atoms with van der Waals surface area (Å²) in [6, 6.07) is 42.0. The highest BCUT2D eigenvalue weighted by Crippen LogP contribution is 2.38. The molecule has 0 unspecified atom stereocenters. The molecule has 0 spiro atoms. The number of aromatic nitrogens is 3. The number of fused-ring (bicyclic) bond motifs is 4. The average Bonchev–Trinajstić information content (AvgIpc) is 3.32. The molecule has 0 aliphatic heterocycles. The third kappa shape index (κ3) is 3.48. The van der Waals surface area contributed by atoms with Gasteiger partial charge in [-0.1, -0.05) is 60.7 Å². The van der Waals surface area contributed by atoms with Crippen molar-refractivity contribution in [3.63, 3.8) is 0 Å². The molecule has 2 heterocycles. The summed E-state index contributed by atoms with van der Waals surface area (Å²) < 4.78 is 0. The minimum Gasteiger partial charge on any atom is -0.355 e. The van der Waals surface area contributed by atoms with E-state index in [9.17, 15) is 0 Å². The number of H-pyrrole nitrogens is 1. The first-order valence-corrected chi connectivity index (χ1v) is 12.0. The van der Waals surface area contributed by atoms with E-state index in [1.54, 1.807) is 0 Å². The van der Waals surface area contributed by atoms with Crippen LogP contribution < -0.4 is 4.90 Å². The molecule has 0 atom stereocenters. The van der Waals surface area contributed by atoms with Crippen LogP contribution in [0.5, 0.6) is 0 Å². The zero-order valence-corrected chi connectivity index (χ0v) is 19.5. The highest BCUT2D eigenvalue weighted by molar-refractivity contribution is 6.08. The summed E-state index contributed by atoms with van der Waals surface area (Å²) in [5, 5.41) is 2.44. The molecule has 0 saturated heterocycles. The number of aromatic amines is 1. The fourth-order valence-electron chi connectivity index (χ4n) is 4.88. The molecule has 4 nitrogen and oxygen atoms in total. The average molecular weight is 463 g/mol. The second kappa shape index (κ2) is 8.36. The molecule has 1 N–H and O–H groups in total. The molecule has 170 valence electrons. The van der Waals surface area contributed by atoms with Gasteiger partial charge in [0, 0.05) is 44.4 Å². The number of benzene rings is 5.